The molecule has 2 aliphatic rings. The number of sulfone groups is 2. The monoisotopic (exact) mass is 583 g/mol. The summed E-state index contributed by atoms with van der Waals surface area (Å²) in [5.74, 6) is -3.88. The molecule has 0 radical (unpaired) electrons. The predicted octanol–water partition coefficient (Wildman–Crippen LogP) is 4.49. The lowest BCUT2D eigenvalue weighted by molar-refractivity contribution is -0.0732. The second-order valence-electron chi connectivity index (χ2n) is 9.36. The van der Waals surface area contributed by atoms with Gasteiger partial charge in [-0.2, -0.15) is 0 Å². The molecule has 5 rings (SSSR count). The van der Waals surface area contributed by atoms with E-state index in [4.69, 9.17) is 21.1 Å². The van der Waals surface area contributed by atoms with Gasteiger partial charge >= 0.3 is 0 Å². The molecule has 3 atom stereocenters. The Bertz CT molecular complexity index is 1550. The molecular weight excluding hydrogens is 560 g/mol. The third kappa shape index (κ3) is 4.70. The fourth-order valence-corrected chi connectivity index (χ4v) is 9.24. The van der Waals surface area contributed by atoms with Crippen LogP contribution in [-0.2, 0) is 34.9 Å². The molecule has 202 valence electrons. The summed E-state index contributed by atoms with van der Waals surface area (Å²) in [5, 5.41) is 0.311. The molecule has 0 amide bonds. The van der Waals surface area contributed by atoms with Crippen LogP contribution < -0.4 is 4.74 Å². The summed E-state index contributed by atoms with van der Waals surface area (Å²) in [6.07, 6.45) is 0.347. The van der Waals surface area contributed by atoms with Crippen LogP contribution >= 0.6 is 11.6 Å². The van der Waals surface area contributed by atoms with Crippen LogP contribution in [0.15, 0.2) is 65.7 Å². The van der Waals surface area contributed by atoms with Crippen molar-refractivity contribution < 1.29 is 35.1 Å². The summed E-state index contributed by atoms with van der Waals surface area (Å²) in [5.41, 5.74) is -0.0162. The first-order valence-electron chi connectivity index (χ1n) is 11.9. The number of halogens is 3. The minimum Gasteiger partial charge on any atom is -0.490 e. The Morgan fingerprint density at radius 1 is 1.00 bits per heavy atom. The van der Waals surface area contributed by atoms with E-state index in [1.54, 1.807) is 18.2 Å². The summed E-state index contributed by atoms with van der Waals surface area (Å²) in [7, 11) is -8.01. The number of ether oxygens (including phenoxy) is 2. The van der Waals surface area contributed by atoms with Crippen molar-refractivity contribution in [3.8, 4) is 5.75 Å². The highest BCUT2D eigenvalue weighted by atomic mass is 35.5. The minimum atomic E-state index is -4.37. The van der Waals surface area contributed by atoms with Gasteiger partial charge in [0.15, 0.2) is 31.2 Å². The minimum absolute atomic E-state index is 0.0622. The van der Waals surface area contributed by atoms with Gasteiger partial charge in [0.05, 0.1) is 40.4 Å². The number of pyridine rings is 1. The zero-order valence-corrected chi connectivity index (χ0v) is 22.4. The third-order valence-corrected chi connectivity index (χ3v) is 11.6. The molecule has 2 aliphatic heterocycles. The Balaban J connectivity index is 1.56. The van der Waals surface area contributed by atoms with Crippen LogP contribution in [0.5, 0.6) is 5.75 Å². The average molecular weight is 584 g/mol. The summed E-state index contributed by atoms with van der Waals surface area (Å²) in [4.78, 5) is 3.94. The Labute approximate surface area is 224 Å². The molecule has 1 saturated heterocycles. The molecule has 0 spiro atoms. The van der Waals surface area contributed by atoms with Crippen molar-refractivity contribution in [1.29, 1.82) is 0 Å². The van der Waals surface area contributed by atoms with Gasteiger partial charge in [-0.05, 0) is 61.4 Å². The average Bonchev–Trinajstić information content (AvgIpc) is 2.89. The zero-order chi connectivity index (χ0) is 27.1. The first-order valence-corrected chi connectivity index (χ1v) is 15.6. The predicted molar refractivity (Wildman–Crippen MR) is 136 cm³/mol. The molecule has 1 fully saturated rings. The van der Waals surface area contributed by atoms with Crippen LogP contribution in [0, 0.1) is 17.6 Å². The van der Waals surface area contributed by atoms with E-state index in [1.165, 1.54) is 30.5 Å². The number of aromatic nitrogens is 1. The maximum Gasteiger partial charge on any atom is 0.189 e. The van der Waals surface area contributed by atoms with E-state index < -0.39 is 59.4 Å². The Morgan fingerprint density at radius 2 is 1.74 bits per heavy atom. The van der Waals surface area contributed by atoms with E-state index in [2.05, 4.69) is 4.98 Å². The van der Waals surface area contributed by atoms with Gasteiger partial charge in [0.2, 0.25) is 0 Å². The lowest BCUT2D eigenvalue weighted by atomic mass is 9.75. The smallest absolute Gasteiger partial charge is 0.189 e. The molecular formula is C26H24ClF2NO6S2. The Morgan fingerprint density at radius 3 is 2.45 bits per heavy atom. The number of benzene rings is 2. The van der Waals surface area contributed by atoms with Gasteiger partial charge in [0, 0.05) is 23.7 Å². The fraction of sp³-hybridized carbons (Fsp3) is 0.346. The van der Waals surface area contributed by atoms with E-state index in [9.17, 15) is 21.2 Å². The van der Waals surface area contributed by atoms with Gasteiger partial charge in [0.25, 0.3) is 0 Å². The number of nitrogens with zero attached hydrogens (tertiary/aromatic N) is 1. The fourth-order valence-electron chi connectivity index (χ4n) is 5.41. The zero-order valence-electron chi connectivity index (χ0n) is 20.0. The highest BCUT2D eigenvalue weighted by molar-refractivity contribution is 7.92. The molecule has 38 heavy (non-hydrogen) atoms. The number of hydrogen-bond acceptors (Lipinski definition) is 7. The van der Waals surface area contributed by atoms with E-state index >= 15 is 4.39 Å². The van der Waals surface area contributed by atoms with Gasteiger partial charge in [0.1, 0.15) is 10.6 Å². The van der Waals surface area contributed by atoms with Gasteiger partial charge in [-0.15, -0.1) is 0 Å². The molecule has 12 heteroatoms. The van der Waals surface area contributed by atoms with Crippen LogP contribution in [0.4, 0.5) is 8.78 Å². The highest BCUT2D eigenvalue weighted by Crippen LogP contribution is 2.56. The van der Waals surface area contributed by atoms with Crippen molar-refractivity contribution in [3.05, 3.63) is 88.7 Å². The number of fused-ring (bicyclic) bond motifs is 3. The summed E-state index contributed by atoms with van der Waals surface area (Å²) < 4.78 is 94.1. The molecule has 3 heterocycles. The van der Waals surface area contributed by atoms with Crippen molar-refractivity contribution in [2.45, 2.75) is 34.3 Å². The van der Waals surface area contributed by atoms with Crippen LogP contribution in [0.3, 0.4) is 0 Å². The summed E-state index contributed by atoms with van der Waals surface area (Å²) in [6.45, 7) is -0.408. The number of rotatable bonds is 7. The van der Waals surface area contributed by atoms with Gasteiger partial charge in [-0.25, -0.2) is 25.6 Å². The molecule has 2 aromatic carbocycles. The molecule has 0 bridgehead atoms. The second-order valence-corrected chi connectivity index (χ2v) is 14.2. The Hall–Kier alpha value is -2.60. The topological polar surface area (TPSA) is 99.6 Å². The molecule has 1 aromatic heterocycles. The SMILES string of the molecule is O=S(=O)(CC[C@@H]1OCC[C@@]2(S(=O)(=O)c3ccc(Cl)cc3)c3c(F)ccc(F)c3OCC12)Cc1ccccn1. The van der Waals surface area contributed by atoms with E-state index in [-0.39, 0.29) is 42.5 Å². The quantitative estimate of drug-likeness (QED) is 0.404. The van der Waals surface area contributed by atoms with Crippen LogP contribution in [-0.4, -0.2) is 46.9 Å². The van der Waals surface area contributed by atoms with Crippen LogP contribution in [0.25, 0.3) is 0 Å². The molecule has 0 N–H and O–H groups in total. The first-order chi connectivity index (χ1) is 18.0. The number of hydrogen-bond donors (Lipinski definition) is 0. The lowest BCUT2D eigenvalue weighted by Crippen LogP contribution is -2.57. The van der Waals surface area contributed by atoms with Crippen LogP contribution in [0.2, 0.25) is 5.02 Å². The van der Waals surface area contributed by atoms with Crippen LogP contribution in [0.1, 0.15) is 24.1 Å². The molecule has 1 unspecified atom stereocenters. The van der Waals surface area contributed by atoms with Gasteiger partial charge in [-0.1, -0.05) is 17.7 Å². The van der Waals surface area contributed by atoms with Crippen molar-refractivity contribution >= 4 is 31.3 Å². The molecule has 7 nitrogen and oxygen atoms in total. The molecule has 0 saturated carbocycles. The van der Waals surface area contributed by atoms with Gasteiger partial charge < -0.3 is 9.47 Å². The largest absolute Gasteiger partial charge is 0.490 e. The van der Waals surface area contributed by atoms with E-state index in [1.807, 2.05) is 0 Å². The van der Waals surface area contributed by atoms with Crippen molar-refractivity contribution in [1.82, 2.24) is 4.98 Å². The molecule has 0 aliphatic carbocycles. The third-order valence-electron chi connectivity index (χ3n) is 7.15. The van der Waals surface area contributed by atoms with E-state index in [0.29, 0.717) is 10.7 Å². The van der Waals surface area contributed by atoms with Gasteiger partial charge in [-0.3, -0.25) is 4.98 Å². The maximum atomic E-state index is 15.4. The second kappa shape index (κ2) is 10.2. The van der Waals surface area contributed by atoms with Crippen molar-refractivity contribution in [2.75, 3.05) is 19.0 Å². The summed E-state index contributed by atoms with van der Waals surface area (Å²) in [6, 6.07) is 12.2. The maximum absolute atomic E-state index is 15.4. The Kier molecular flexibility index (Phi) is 7.23. The normalized spacial score (nSPS) is 23.2. The summed E-state index contributed by atoms with van der Waals surface area (Å²) >= 11 is 5.97. The van der Waals surface area contributed by atoms with Crippen molar-refractivity contribution in [3.63, 3.8) is 0 Å². The van der Waals surface area contributed by atoms with E-state index in [0.717, 1.165) is 12.1 Å². The first kappa shape index (κ1) is 27.0. The van der Waals surface area contributed by atoms with Crippen molar-refractivity contribution in [2.24, 2.45) is 5.92 Å². The molecule has 3 aromatic rings. The highest BCUT2D eigenvalue weighted by Gasteiger charge is 2.61. The standard InChI is InChI=1S/C26H24ClF2NO6S2/c27-17-4-6-19(7-5-17)38(33,34)26-11-13-35-23(10-14-37(31,32)16-18-3-1-2-12-30-18)20(26)15-36-25-22(29)9-8-21(28)24(25)26/h1-9,12,20,23H,10-11,13-16H2/t20?,23-,26-/m0/s1. The lowest BCUT2D eigenvalue weighted by Gasteiger charge is -2.50.